The van der Waals surface area contributed by atoms with Crippen molar-refractivity contribution < 1.29 is 18.3 Å². The van der Waals surface area contributed by atoms with Crippen LogP contribution in [0.1, 0.15) is 13.3 Å². The van der Waals surface area contributed by atoms with Crippen molar-refractivity contribution in [2.75, 3.05) is 31.5 Å². The minimum atomic E-state index is -2.93. The molecule has 0 radical (unpaired) electrons. The van der Waals surface area contributed by atoms with Gasteiger partial charge in [-0.2, -0.15) is 8.78 Å². The molecule has 1 aromatic carbocycles. The molecule has 1 amide bonds. The summed E-state index contributed by atoms with van der Waals surface area (Å²) in [5.41, 5.74) is 6.02. The standard InChI is InChI=1S/C15H21F2N3O2/c1-15(9-18)6-7-20(10-15)8-13(21)19-11-4-2-3-5-12(11)22-14(16)17/h2-5,14H,6-10,18H2,1H3,(H,19,21). The second-order valence-corrected chi connectivity index (χ2v) is 5.90. The summed E-state index contributed by atoms with van der Waals surface area (Å²) in [7, 11) is 0. The highest BCUT2D eigenvalue weighted by atomic mass is 19.3. The van der Waals surface area contributed by atoms with Crippen molar-refractivity contribution in [3.05, 3.63) is 24.3 Å². The van der Waals surface area contributed by atoms with E-state index < -0.39 is 6.61 Å². The zero-order valence-electron chi connectivity index (χ0n) is 12.5. The first-order valence-electron chi connectivity index (χ1n) is 7.18. The van der Waals surface area contributed by atoms with Gasteiger partial charge in [-0.1, -0.05) is 19.1 Å². The Morgan fingerprint density at radius 2 is 2.23 bits per heavy atom. The fraction of sp³-hybridized carbons (Fsp3) is 0.533. The Bertz CT molecular complexity index is 527. The van der Waals surface area contributed by atoms with Crippen LogP contribution in [-0.4, -0.2) is 43.6 Å². The number of nitrogens with one attached hydrogen (secondary N) is 1. The lowest BCUT2D eigenvalue weighted by Gasteiger charge is -2.22. The second kappa shape index (κ2) is 7.02. The molecular formula is C15H21F2N3O2. The molecule has 1 fully saturated rings. The highest BCUT2D eigenvalue weighted by molar-refractivity contribution is 5.93. The number of ether oxygens (including phenoxy) is 1. The van der Waals surface area contributed by atoms with Gasteiger partial charge in [0.25, 0.3) is 0 Å². The van der Waals surface area contributed by atoms with E-state index in [1.165, 1.54) is 12.1 Å². The summed E-state index contributed by atoms with van der Waals surface area (Å²) < 4.78 is 29.1. The van der Waals surface area contributed by atoms with Crippen molar-refractivity contribution in [1.29, 1.82) is 0 Å². The van der Waals surface area contributed by atoms with Crippen LogP contribution in [0, 0.1) is 5.41 Å². The van der Waals surface area contributed by atoms with Crippen LogP contribution in [0.4, 0.5) is 14.5 Å². The highest BCUT2D eigenvalue weighted by Crippen LogP contribution is 2.29. The quantitative estimate of drug-likeness (QED) is 0.842. The first kappa shape index (κ1) is 16.6. The molecule has 1 aliphatic rings. The second-order valence-electron chi connectivity index (χ2n) is 5.90. The molecule has 0 aliphatic carbocycles. The number of alkyl halides is 2. The van der Waals surface area contributed by atoms with Crippen LogP contribution in [0.3, 0.4) is 0 Å². The van der Waals surface area contributed by atoms with E-state index >= 15 is 0 Å². The van der Waals surface area contributed by atoms with Gasteiger partial charge in [-0.25, -0.2) is 0 Å². The smallest absolute Gasteiger partial charge is 0.387 e. The number of benzene rings is 1. The summed E-state index contributed by atoms with van der Waals surface area (Å²) in [5, 5.41) is 2.62. The van der Waals surface area contributed by atoms with Crippen LogP contribution in [0.25, 0.3) is 0 Å². The SMILES string of the molecule is CC1(CN)CCN(CC(=O)Nc2ccccc2OC(F)F)C1. The number of carbonyl (C=O) groups is 1. The van der Waals surface area contributed by atoms with E-state index in [0.717, 1.165) is 19.5 Å². The number of amides is 1. The zero-order valence-corrected chi connectivity index (χ0v) is 12.5. The van der Waals surface area contributed by atoms with Gasteiger partial charge >= 0.3 is 6.61 Å². The summed E-state index contributed by atoms with van der Waals surface area (Å²) in [4.78, 5) is 14.1. The summed E-state index contributed by atoms with van der Waals surface area (Å²) in [5.74, 6) is -0.300. The predicted octanol–water partition coefficient (Wildman–Crippen LogP) is 1.90. The molecule has 22 heavy (non-hydrogen) atoms. The molecule has 7 heteroatoms. The third-order valence-electron chi connectivity index (χ3n) is 3.87. The Kier molecular flexibility index (Phi) is 5.31. The maximum absolute atomic E-state index is 12.3. The van der Waals surface area contributed by atoms with E-state index in [9.17, 15) is 13.6 Å². The molecule has 2 rings (SSSR count). The Morgan fingerprint density at radius 3 is 2.86 bits per heavy atom. The summed E-state index contributed by atoms with van der Waals surface area (Å²) in [6.45, 7) is 1.51. The van der Waals surface area contributed by atoms with Gasteiger partial charge in [0.2, 0.25) is 5.91 Å². The van der Waals surface area contributed by atoms with E-state index in [2.05, 4.69) is 17.0 Å². The Hall–Kier alpha value is -1.73. The lowest BCUT2D eigenvalue weighted by Crippen LogP contribution is -2.35. The Morgan fingerprint density at radius 1 is 1.50 bits per heavy atom. The molecule has 1 saturated heterocycles. The molecule has 3 N–H and O–H groups in total. The topological polar surface area (TPSA) is 67.6 Å². The van der Waals surface area contributed by atoms with Gasteiger partial charge in [-0.3, -0.25) is 9.69 Å². The van der Waals surface area contributed by atoms with Crippen molar-refractivity contribution in [2.45, 2.75) is 20.0 Å². The minimum absolute atomic E-state index is 0.0387. The van der Waals surface area contributed by atoms with Gasteiger partial charge in [0.1, 0.15) is 5.75 Å². The van der Waals surface area contributed by atoms with E-state index in [1.807, 2.05) is 4.90 Å². The Balaban J connectivity index is 1.93. The summed E-state index contributed by atoms with van der Waals surface area (Å²) >= 11 is 0. The fourth-order valence-electron chi connectivity index (χ4n) is 2.59. The number of halogens is 2. The molecular weight excluding hydrogens is 292 g/mol. The molecule has 0 saturated carbocycles. The highest BCUT2D eigenvalue weighted by Gasteiger charge is 2.33. The first-order valence-corrected chi connectivity index (χ1v) is 7.18. The van der Waals surface area contributed by atoms with Crippen molar-refractivity contribution in [2.24, 2.45) is 11.1 Å². The molecule has 1 aliphatic heterocycles. The molecule has 0 bridgehead atoms. The summed E-state index contributed by atoms with van der Waals surface area (Å²) in [6, 6.07) is 6.14. The number of rotatable bonds is 6. The number of carbonyl (C=O) groups excluding carboxylic acids is 1. The lowest BCUT2D eigenvalue weighted by atomic mass is 9.90. The molecule has 1 unspecified atom stereocenters. The van der Waals surface area contributed by atoms with E-state index in [4.69, 9.17) is 5.73 Å². The minimum Gasteiger partial charge on any atom is -0.433 e. The number of likely N-dealkylation sites (tertiary alicyclic amines) is 1. The monoisotopic (exact) mass is 313 g/mol. The average molecular weight is 313 g/mol. The average Bonchev–Trinajstić information content (AvgIpc) is 2.82. The number of hydrogen-bond donors (Lipinski definition) is 2. The number of nitrogens with two attached hydrogens (primary N) is 1. The van der Waals surface area contributed by atoms with E-state index in [1.54, 1.807) is 12.1 Å². The molecule has 0 aromatic heterocycles. The Labute approximate surface area is 128 Å². The van der Waals surface area contributed by atoms with E-state index in [0.29, 0.717) is 6.54 Å². The molecule has 1 aromatic rings. The van der Waals surface area contributed by atoms with Crippen LogP contribution >= 0.6 is 0 Å². The first-order chi connectivity index (χ1) is 10.4. The van der Waals surface area contributed by atoms with E-state index in [-0.39, 0.29) is 29.3 Å². The van der Waals surface area contributed by atoms with Crippen molar-refractivity contribution >= 4 is 11.6 Å². The maximum Gasteiger partial charge on any atom is 0.387 e. The van der Waals surface area contributed by atoms with Gasteiger partial charge < -0.3 is 15.8 Å². The number of nitrogens with zero attached hydrogens (tertiary/aromatic N) is 1. The number of para-hydroxylation sites is 2. The van der Waals surface area contributed by atoms with Gasteiger partial charge in [0.15, 0.2) is 0 Å². The molecule has 0 spiro atoms. The third kappa shape index (κ3) is 4.38. The summed E-state index contributed by atoms with van der Waals surface area (Å²) in [6.07, 6.45) is 0.946. The van der Waals surface area contributed by atoms with Gasteiger partial charge in [0, 0.05) is 6.54 Å². The molecule has 122 valence electrons. The van der Waals surface area contributed by atoms with Crippen molar-refractivity contribution in [1.82, 2.24) is 4.90 Å². The normalized spacial score (nSPS) is 22.0. The largest absolute Gasteiger partial charge is 0.433 e. The fourth-order valence-corrected chi connectivity index (χ4v) is 2.59. The third-order valence-corrected chi connectivity index (χ3v) is 3.87. The maximum atomic E-state index is 12.3. The number of anilines is 1. The van der Waals surface area contributed by atoms with Crippen LogP contribution in [0.5, 0.6) is 5.75 Å². The van der Waals surface area contributed by atoms with Gasteiger partial charge in [0.05, 0.1) is 12.2 Å². The van der Waals surface area contributed by atoms with Crippen molar-refractivity contribution in [3.63, 3.8) is 0 Å². The van der Waals surface area contributed by atoms with Crippen molar-refractivity contribution in [3.8, 4) is 5.75 Å². The zero-order chi connectivity index (χ0) is 16.2. The van der Waals surface area contributed by atoms with Crippen LogP contribution in [-0.2, 0) is 4.79 Å². The van der Waals surface area contributed by atoms with Crippen LogP contribution in [0.2, 0.25) is 0 Å². The van der Waals surface area contributed by atoms with Crippen LogP contribution < -0.4 is 15.8 Å². The molecule has 1 heterocycles. The van der Waals surface area contributed by atoms with Gasteiger partial charge in [-0.05, 0) is 37.1 Å². The van der Waals surface area contributed by atoms with Gasteiger partial charge in [-0.15, -0.1) is 0 Å². The molecule has 5 nitrogen and oxygen atoms in total. The lowest BCUT2D eigenvalue weighted by molar-refractivity contribution is -0.117. The number of hydrogen-bond acceptors (Lipinski definition) is 4. The van der Waals surface area contributed by atoms with Crippen LogP contribution in [0.15, 0.2) is 24.3 Å². The molecule has 1 atom stereocenters. The predicted molar refractivity (Wildman–Crippen MR) is 79.9 cm³/mol.